The molecule has 8 heteroatoms. The third-order valence-electron chi connectivity index (χ3n) is 6.67. The van der Waals surface area contributed by atoms with Crippen molar-refractivity contribution in [1.82, 2.24) is 9.88 Å². The number of nitrogens with zero attached hydrogens (tertiary/aromatic N) is 2. The second-order valence-corrected chi connectivity index (χ2v) is 10.6. The number of halogens is 3. The molecule has 1 saturated carbocycles. The molecule has 0 atom stereocenters. The van der Waals surface area contributed by atoms with Crippen LogP contribution in [-0.4, -0.2) is 48.9 Å². The van der Waals surface area contributed by atoms with Crippen molar-refractivity contribution in [3.8, 4) is 0 Å². The average Bonchev–Trinajstić information content (AvgIpc) is 2.60. The second-order valence-electron chi connectivity index (χ2n) is 8.55. The molecule has 0 amide bonds. The van der Waals surface area contributed by atoms with Gasteiger partial charge in [-0.15, -0.1) is 0 Å². The summed E-state index contributed by atoms with van der Waals surface area (Å²) in [6, 6.07) is 3.17. The first-order chi connectivity index (χ1) is 12.7. The maximum Gasteiger partial charge on any atom is 0.433 e. The number of likely N-dealkylation sites (tertiary alicyclic amines) is 1. The zero-order valence-electron chi connectivity index (χ0n) is 15.2. The van der Waals surface area contributed by atoms with Crippen LogP contribution in [0.1, 0.15) is 55.7 Å². The van der Waals surface area contributed by atoms with Crippen LogP contribution in [0, 0.1) is 5.41 Å². The van der Waals surface area contributed by atoms with E-state index in [1.807, 2.05) is 0 Å². The molecule has 3 fully saturated rings. The Hall–Kier alpha value is -1.15. The lowest BCUT2D eigenvalue weighted by atomic mass is 9.78. The molecule has 2 saturated heterocycles. The predicted molar refractivity (Wildman–Crippen MR) is 96.1 cm³/mol. The highest BCUT2D eigenvalue weighted by molar-refractivity contribution is 7.92. The monoisotopic (exact) mass is 402 g/mol. The van der Waals surface area contributed by atoms with Crippen molar-refractivity contribution in [2.45, 2.75) is 56.7 Å². The smallest absolute Gasteiger partial charge is 0.300 e. The van der Waals surface area contributed by atoms with E-state index in [1.54, 1.807) is 6.07 Å². The summed E-state index contributed by atoms with van der Waals surface area (Å²) < 4.78 is 61.0. The molecule has 0 aromatic carbocycles. The molecule has 0 unspecified atom stereocenters. The molecule has 1 spiro atoms. The molecule has 4 rings (SSSR count). The molecule has 0 radical (unpaired) electrons. The number of aromatic nitrogens is 1. The van der Waals surface area contributed by atoms with Crippen LogP contribution in [0.4, 0.5) is 13.2 Å². The third kappa shape index (κ3) is 4.01. The van der Waals surface area contributed by atoms with Gasteiger partial charge in [-0.25, -0.2) is 8.42 Å². The van der Waals surface area contributed by atoms with Crippen LogP contribution in [0.25, 0.3) is 0 Å². The molecular formula is C19H25F3N2O2S. The first-order valence-corrected chi connectivity index (χ1v) is 11.5. The highest BCUT2D eigenvalue weighted by Crippen LogP contribution is 2.44. The minimum absolute atomic E-state index is 0.0401. The molecule has 3 heterocycles. The predicted octanol–water partition coefficient (Wildman–Crippen LogP) is 3.64. The van der Waals surface area contributed by atoms with Crippen molar-refractivity contribution < 1.29 is 21.6 Å². The van der Waals surface area contributed by atoms with Gasteiger partial charge in [-0.1, -0.05) is 6.07 Å². The van der Waals surface area contributed by atoms with Crippen LogP contribution in [0.3, 0.4) is 0 Å². The van der Waals surface area contributed by atoms with Gasteiger partial charge < -0.3 is 4.90 Å². The van der Waals surface area contributed by atoms with E-state index >= 15 is 0 Å². The van der Waals surface area contributed by atoms with Gasteiger partial charge >= 0.3 is 6.18 Å². The summed E-state index contributed by atoms with van der Waals surface area (Å²) in [6.07, 6.45) is 2.94. The van der Waals surface area contributed by atoms with Gasteiger partial charge in [0.1, 0.15) is 5.69 Å². The number of pyridine rings is 1. The summed E-state index contributed by atoms with van der Waals surface area (Å²) >= 11 is 0. The Labute approximate surface area is 158 Å². The zero-order valence-corrected chi connectivity index (χ0v) is 16.0. The molecule has 1 aromatic rings. The normalized spacial score (nSPS) is 30.8. The van der Waals surface area contributed by atoms with E-state index in [-0.39, 0.29) is 11.3 Å². The molecule has 0 bridgehead atoms. The summed E-state index contributed by atoms with van der Waals surface area (Å²) in [5.74, 6) is 1.01. The number of rotatable bonds is 2. The maximum atomic E-state index is 12.6. The Kier molecular flexibility index (Phi) is 4.78. The van der Waals surface area contributed by atoms with E-state index in [4.69, 9.17) is 0 Å². The molecule has 1 aromatic heterocycles. The number of hydrogen-bond acceptors (Lipinski definition) is 4. The Morgan fingerprint density at radius 1 is 1.04 bits per heavy atom. The van der Waals surface area contributed by atoms with Crippen LogP contribution < -0.4 is 0 Å². The molecule has 3 aliphatic rings. The van der Waals surface area contributed by atoms with E-state index in [9.17, 15) is 21.6 Å². The molecule has 1 aliphatic carbocycles. The molecular weight excluding hydrogens is 377 g/mol. The van der Waals surface area contributed by atoms with Crippen molar-refractivity contribution in [2.24, 2.45) is 5.41 Å². The van der Waals surface area contributed by atoms with Gasteiger partial charge in [0.25, 0.3) is 0 Å². The summed E-state index contributed by atoms with van der Waals surface area (Å²) in [7, 11) is -2.78. The van der Waals surface area contributed by atoms with Gasteiger partial charge in [-0.3, -0.25) is 4.98 Å². The van der Waals surface area contributed by atoms with Crippen molar-refractivity contribution in [2.75, 3.05) is 24.6 Å². The van der Waals surface area contributed by atoms with Crippen LogP contribution >= 0.6 is 0 Å². The molecule has 0 N–H and O–H groups in total. The van der Waals surface area contributed by atoms with E-state index in [0.29, 0.717) is 17.5 Å². The zero-order chi connectivity index (χ0) is 19.3. The van der Waals surface area contributed by atoms with Gasteiger partial charge in [0.15, 0.2) is 9.84 Å². The Balaban J connectivity index is 1.28. The van der Waals surface area contributed by atoms with E-state index in [0.717, 1.165) is 63.2 Å². The molecule has 150 valence electrons. The second kappa shape index (κ2) is 6.72. The van der Waals surface area contributed by atoms with Crippen LogP contribution in [0.2, 0.25) is 0 Å². The largest absolute Gasteiger partial charge is 0.433 e. The average molecular weight is 402 g/mol. The Morgan fingerprint density at radius 2 is 1.67 bits per heavy atom. The SMILES string of the molecule is O=S1(=O)CC2(CCN([C@H]3CC[C@@H](c4ccc(C(F)(F)F)nc4)CC3)CC2)C1. The lowest BCUT2D eigenvalue weighted by Gasteiger charge is -2.49. The molecule has 4 nitrogen and oxygen atoms in total. The quantitative estimate of drug-likeness (QED) is 0.758. The maximum absolute atomic E-state index is 12.6. The topological polar surface area (TPSA) is 50.3 Å². The summed E-state index contributed by atoms with van der Waals surface area (Å²) in [6.45, 7) is 1.93. The standard InChI is InChI=1S/C19H25F3N2O2S/c20-19(21,22)17-6-3-15(11-23-17)14-1-4-16(5-2-14)24-9-7-18(8-10-24)12-27(25,26)13-18/h3,6,11,14,16H,1-2,4-5,7-10,12-13H2/t14-,16+. The van der Waals surface area contributed by atoms with Crippen LogP contribution in [-0.2, 0) is 16.0 Å². The number of piperidine rings is 1. The summed E-state index contributed by atoms with van der Waals surface area (Å²) in [5, 5.41) is 0. The fraction of sp³-hybridized carbons (Fsp3) is 0.737. The molecule has 2 aliphatic heterocycles. The number of alkyl halides is 3. The number of sulfone groups is 1. The third-order valence-corrected chi connectivity index (χ3v) is 8.78. The first kappa shape index (κ1) is 19.2. The minimum Gasteiger partial charge on any atom is -0.300 e. The van der Waals surface area contributed by atoms with Gasteiger partial charge in [0.2, 0.25) is 0 Å². The highest BCUT2D eigenvalue weighted by Gasteiger charge is 2.50. The van der Waals surface area contributed by atoms with E-state index in [2.05, 4.69) is 9.88 Å². The number of hydrogen-bond donors (Lipinski definition) is 0. The highest BCUT2D eigenvalue weighted by atomic mass is 32.2. The Morgan fingerprint density at radius 3 is 2.15 bits per heavy atom. The van der Waals surface area contributed by atoms with Gasteiger partial charge in [-0.2, -0.15) is 13.2 Å². The summed E-state index contributed by atoms with van der Waals surface area (Å²) in [5.41, 5.74) is 0.109. The van der Waals surface area contributed by atoms with Crippen molar-refractivity contribution in [3.63, 3.8) is 0 Å². The van der Waals surface area contributed by atoms with Gasteiger partial charge in [0.05, 0.1) is 11.5 Å². The van der Waals surface area contributed by atoms with Crippen LogP contribution in [0.5, 0.6) is 0 Å². The van der Waals surface area contributed by atoms with Crippen molar-refractivity contribution in [3.05, 3.63) is 29.6 Å². The fourth-order valence-corrected chi connectivity index (χ4v) is 7.49. The van der Waals surface area contributed by atoms with Crippen LogP contribution in [0.15, 0.2) is 18.3 Å². The fourth-order valence-electron chi connectivity index (χ4n) is 5.13. The molecule has 27 heavy (non-hydrogen) atoms. The van der Waals surface area contributed by atoms with E-state index < -0.39 is 21.7 Å². The van der Waals surface area contributed by atoms with Crippen molar-refractivity contribution >= 4 is 9.84 Å². The minimum atomic E-state index is -4.39. The lowest BCUT2D eigenvalue weighted by molar-refractivity contribution is -0.141. The first-order valence-electron chi connectivity index (χ1n) is 9.64. The van der Waals surface area contributed by atoms with Gasteiger partial charge in [-0.05, 0) is 69.2 Å². The lowest BCUT2D eigenvalue weighted by Crippen LogP contribution is -2.56. The van der Waals surface area contributed by atoms with Gasteiger partial charge in [0, 0.05) is 17.7 Å². The van der Waals surface area contributed by atoms with E-state index in [1.165, 1.54) is 6.20 Å². The summed E-state index contributed by atoms with van der Waals surface area (Å²) in [4.78, 5) is 6.09. The van der Waals surface area contributed by atoms with Crippen molar-refractivity contribution in [1.29, 1.82) is 0 Å². The Bertz CT molecular complexity index is 762.